The molecule has 0 aliphatic rings. The molecule has 4 N–H and O–H groups in total. The fraction of sp³-hybridized carbons (Fsp3) is 0.231. The zero-order valence-corrected chi connectivity index (χ0v) is 10.6. The topological polar surface area (TPSA) is 75.9 Å². The highest BCUT2D eigenvalue weighted by atomic mass is 15.3. The molecule has 0 aliphatic carbocycles. The van der Waals surface area contributed by atoms with E-state index in [2.05, 4.69) is 33.7 Å². The van der Waals surface area contributed by atoms with Crippen molar-refractivity contribution >= 4 is 17.5 Å². The number of anilines is 3. The van der Waals surface area contributed by atoms with E-state index in [9.17, 15) is 0 Å². The first-order valence-electron chi connectivity index (χ1n) is 5.89. The third kappa shape index (κ3) is 2.57. The van der Waals surface area contributed by atoms with Gasteiger partial charge >= 0.3 is 0 Å². The molecule has 2 aromatic rings. The Hall–Kier alpha value is -2.14. The lowest BCUT2D eigenvalue weighted by Crippen LogP contribution is -2.12. The summed E-state index contributed by atoms with van der Waals surface area (Å²) in [5.74, 6) is 6.48. The van der Waals surface area contributed by atoms with Crippen LogP contribution in [-0.2, 0) is 6.42 Å². The van der Waals surface area contributed by atoms with Gasteiger partial charge in [0.2, 0.25) is 5.95 Å². The average Bonchev–Trinajstić information content (AvgIpc) is 2.42. The van der Waals surface area contributed by atoms with Crippen LogP contribution >= 0.6 is 0 Å². The smallest absolute Gasteiger partial charge is 0.239 e. The van der Waals surface area contributed by atoms with E-state index in [-0.39, 0.29) is 0 Å². The number of para-hydroxylation sites is 1. The molecule has 1 aromatic heterocycles. The number of hydrogen-bond donors (Lipinski definition) is 3. The van der Waals surface area contributed by atoms with Crippen molar-refractivity contribution in [2.45, 2.75) is 20.3 Å². The molecule has 0 aliphatic heterocycles. The summed E-state index contributed by atoms with van der Waals surface area (Å²) in [5.41, 5.74) is 5.73. The van der Waals surface area contributed by atoms with Crippen molar-refractivity contribution in [1.82, 2.24) is 9.97 Å². The Morgan fingerprint density at radius 1 is 1.28 bits per heavy atom. The van der Waals surface area contributed by atoms with E-state index in [0.717, 1.165) is 23.5 Å². The number of benzene rings is 1. The van der Waals surface area contributed by atoms with Crippen LogP contribution in [0.15, 0.2) is 30.5 Å². The SMILES string of the molecule is CCc1ccccc1Nc1nc(NN)ncc1C. The number of nitrogens with two attached hydrogens (primary N) is 1. The summed E-state index contributed by atoms with van der Waals surface area (Å²) in [5, 5.41) is 3.32. The normalized spacial score (nSPS) is 10.2. The molecule has 1 heterocycles. The van der Waals surface area contributed by atoms with Crippen molar-refractivity contribution < 1.29 is 0 Å². The Labute approximate surface area is 106 Å². The van der Waals surface area contributed by atoms with E-state index >= 15 is 0 Å². The maximum absolute atomic E-state index is 5.32. The predicted molar refractivity (Wildman–Crippen MR) is 73.7 cm³/mol. The molecule has 0 atom stereocenters. The van der Waals surface area contributed by atoms with Gasteiger partial charge in [-0.25, -0.2) is 10.8 Å². The second kappa shape index (κ2) is 5.46. The first-order chi connectivity index (χ1) is 8.74. The number of nitrogens with one attached hydrogen (secondary N) is 2. The monoisotopic (exact) mass is 243 g/mol. The number of aromatic nitrogens is 2. The number of rotatable bonds is 4. The van der Waals surface area contributed by atoms with Gasteiger partial charge in [-0.05, 0) is 25.0 Å². The van der Waals surface area contributed by atoms with Gasteiger partial charge in [0.05, 0.1) is 0 Å². The van der Waals surface area contributed by atoms with Crippen LogP contribution in [0.4, 0.5) is 17.5 Å². The van der Waals surface area contributed by atoms with E-state index in [4.69, 9.17) is 5.84 Å². The predicted octanol–water partition coefficient (Wildman–Crippen LogP) is 2.38. The summed E-state index contributed by atoms with van der Waals surface area (Å²) < 4.78 is 0. The highest BCUT2D eigenvalue weighted by Gasteiger charge is 2.05. The first-order valence-corrected chi connectivity index (χ1v) is 5.89. The van der Waals surface area contributed by atoms with E-state index in [1.54, 1.807) is 6.20 Å². The summed E-state index contributed by atoms with van der Waals surface area (Å²) in [7, 11) is 0. The third-order valence-electron chi connectivity index (χ3n) is 2.75. The fourth-order valence-electron chi connectivity index (χ4n) is 1.72. The van der Waals surface area contributed by atoms with Crippen LogP contribution in [0.3, 0.4) is 0 Å². The second-order valence-corrected chi connectivity index (χ2v) is 4.01. The fourth-order valence-corrected chi connectivity index (χ4v) is 1.72. The molecule has 2 rings (SSSR count). The molecule has 18 heavy (non-hydrogen) atoms. The van der Waals surface area contributed by atoms with Crippen molar-refractivity contribution in [2.24, 2.45) is 5.84 Å². The molecular formula is C13H17N5. The molecule has 1 aromatic carbocycles. The molecular weight excluding hydrogens is 226 g/mol. The summed E-state index contributed by atoms with van der Waals surface area (Å²) in [6.45, 7) is 4.08. The van der Waals surface area contributed by atoms with Crippen LogP contribution in [0.5, 0.6) is 0 Å². The van der Waals surface area contributed by atoms with Gasteiger partial charge in [0.1, 0.15) is 5.82 Å². The van der Waals surface area contributed by atoms with Crippen LogP contribution in [0.2, 0.25) is 0 Å². The van der Waals surface area contributed by atoms with E-state index in [1.165, 1.54) is 5.56 Å². The number of nitrogens with zero attached hydrogens (tertiary/aromatic N) is 2. The molecule has 0 fully saturated rings. The third-order valence-corrected chi connectivity index (χ3v) is 2.75. The highest BCUT2D eigenvalue weighted by Crippen LogP contribution is 2.22. The Morgan fingerprint density at radius 2 is 2.06 bits per heavy atom. The average molecular weight is 243 g/mol. The standard InChI is InChI=1S/C13H17N5/c1-3-10-6-4-5-7-11(10)16-12-9(2)8-15-13(17-12)18-14/h4-8H,3,14H2,1-2H3,(H2,15,16,17,18). The molecule has 0 saturated heterocycles. The van der Waals surface area contributed by atoms with Crippen molar-refractivity contribution in [1.29, 1.82) is 0 Å². The molecule has 5 heteroatoms. The summed E-state index contributed by atoms with van der Waals surface area (Å²) >= 11 is 0. The number of aryl methyl sites for hydroxylation is 2. The Kier molecular flexibility index (Phi) is 3.74. The van der Waals surface area contributed by atoms with Crippen LogP contribution in [-0.4, -0.2) is 9.97 Å². The van der Waals surface area contributed by atoms with Gasteiger partial charge in [0.25, 0.3) is 0 Å². The van der Waals surface area contributed by atoms with Gasteiger partial charge in [-0.3, -0.25) is 5.43 Å². The van der Waals surface area contributed by atoms with Gasteiger partial charge in [-0.15, -0.1) is 0 Å². The van der Waals surface area contributed by atoms with Gasteiger partial charge in [-0.2, -0.15) is 4.98 Å². The molecule has 5 nitrogen and oxygen atoms in total. The van der Waals surface area contributed by atoms with E-state index < -0.39 is 0 Å². The van der Waals surface area contributed by atoms with Gasteiger partial charge < -0.3 is 5.32 Å². The van der Waals surface area contributed by atoms with Crippen LogP contribution < -0.4 is 16.6 Å². The van der Waals surface area contributed by atoms with Gasteiger partial charge in [0, 0.05) is 17.4 Å². The van der Waals surface area contributed by atoms with Gasteiger partial charge in [0.15, 0.2) is 0 Å². The summed E-state index contributed by atoms with van der Waals surface area (Å²) in [6.07, 6.45) is 2.70. The molecule has 0 bridgehead atoms. The highest BCUT2D eigenvalue weighted by molar-refractivity contribution is 5.63. The lowest BCUT2D eigenvalue weighted by Gasteiger charge is -2.12. The minimum Gasteiger partial charge on any atom is -0.340 e. The van der Waals surface area contributed by atoms with Crippen LogP contribution in [0.1, 0.15) is 18.1 Å². The van der Waals surface area contributed by atoms with Crippen molar-refractivity contribution in [2.75, 3.05) is 10.7 Å². The minimum atomic E-state index is 0.400. The maximum Gasteiger partial charge on any atom is 0.239 e. The molecule has 0 unspecified atom stereocenters. The number of nitrogen functional groups attached to an aromatic ring is 1. The maximum atomic E-state index is 5.32. The summed E-state index contributed by atoms with van der Waals surface area (Å²) in [4.78, 5) is 8.36. The Bertz CT molecular complexity index is 539. The van der Waals surface area contributed by atoms with Crippen molar-refractivity contribution in [3.63, 3.8) is 0 Å². The summed E-state index contributed by atoms with van der Waals surface area (Å²) in [6, 6.07) is 8.17. The minimum absolute atomic E-state index is 0.400. The van der Waals surface area contributed by atoms with Crippen molar-refractivity contribution in [3.05, 3.63) is 41.6 Å². The molecule has 0 saturated carbocycles. The lowest BCUT2D eigenvalue weighted by molar-refractivity contribution is 1.09. The van der Waals surface area contributed by atoms with E-state index in [0.29, 0.717) is 5.95 Å². The second-order valence-electron chi connectivity index (χ2n) is 4.01. The zero-order valence-electron chi connectivity index (χ0n) is 10.6. The number of hydrogen-bond acceptors (Lipinski definition) is 5. The molecule has 94 valence electrons. The Balaban J connectivity index is 2.33. The molecule has 0 radical (unpaired) electrons. The quantitative estimate of drug-likeness (QED) is 0.568. The Morgan fingerprint density at radius 3 is 2.78 bits per heavy atom. The first kappa shape index (κ1) is 12.3. The lowest BCUT2D eigenvalue weighted by atomic mass is 10.1. The van der Waals surface area contributed by atoms with Crippen molar-refractivity contribution in [3.8, 4) is 0 Å². The largest absolute Gasteiger partial charge is 0.340 e. The molecule has 0 spiro atoms. The number of hydrazine groups is 1. The van der Waals surface area contributed by atoms with Crippen LogP contribution in [0, 0.1) is 6.92 Å². The van der Waals surface area contributed by atoms with E-state index in [1.807, 2.05) is 25.1 Å². The molecule has 0 amide bonds. The zero-order chi connectivity index (χ0) is 13.0. The van der Waals surface area contributed by atoms with Crippen LogP contribution in [0.25, 0.3) is 0 Å². The van der Waals surface area contributed by atoms with Gasteiger partial charge in [-0.1, -0.05) is 25.1 Å².